The van der Waals surface area contributed by atoms with Crippen molar-refractivity contribution in [3.05, 3.63) is 53.6 Å². The van der Waals surface area contributed by atoms with Gasteiger partial charge in [-0.25, -0.2) is 9.97 Å². The normalized spacial score (nSPS) is 23.1. The van der Waals surface area contributed by atoms with E-state index >= 15 is 0 Å². The first-order valence-electron chi connectivity index (χ1n) is 7.24. The largest absolute Gasteiger partial charge is 0.489 e. The van der Waals surface area contributed by atoms with Crippen LogP contribution in [0.5, 0.6) is 5.75 Å². The summed E-state index contributed by atoms with van der Waals surface area (Å²) in [5.41, 5.74) is 1.32. The molecule has 1 aromatic carbocycles. The van der Waals surface area contributed by atoms with Gasteiger partial charge in [0.25, 0.3) is 0 Å². The van der Waals surface area contributed by atoms with E-state index < -0.39 is 17.3 Å². The van der Waals surface area contributed by atoms with Crippen molar-refractivity contribution in [3.63, 3.8) is 0 Å². The highest BCUT2D eigenvalue weighted by Gasteiger charge is 2.60. The van der Waals surface area contributed by atoms with Crippen molar-refractivity contribution in [3.8, 4) is 5.75 Å². The molecule has 1 aromatic heterocycles. The number of ether oxygens (including phenoxy) is 1. The van der Waals surface area contributed by atoms with Gasteiger partial charge >= 0.3 is 5.97 Å². The average Bonchev–Trinajstić information content (AvgIpc) is 3.24. The zero-order valence-corrected chi connectivity index (χ0v) is 12.6. The summed E-state index contributed by atoms with van der Waals surface area (Å²) in [7, 11) is 0. The molecule has 5 nitrogen and oxygen atoms in total. The molecule has 0 saturated heterocycles. The van der Waals surface area contributed by atoms with Crippen LogP contribution in [0.2, 0.25) is 0 Å². The van der Waals surface area contributed by atoms with Crippen LogP contribution < -0.4 is 4.74 Å². The van der Waals surface area contributed by atoms with Gasteiger partial charge in [0.1, 0.15) is 5.82 Å². The number of aromatic nitrogens is 2. The Kier molecular flexibility index (Phi) is 3.56. The van der Waals surface area contributed by atoms with E-state index in [1.54, 1.807) is 6.20 Å². The van der Waals surface area contributed by atoms with Crippen LogP contribution in [0, 0.1) is 19.8 Å². The monoisotopic (exact) mass is 298 g/mol. The minimum absolute atomic E-state index is 0.321. The number of carboxylic acids is 1. The predicted octanol–water partition coefficient (Wildman–Crippen LogP) is 2.51. The summed E-state index contributed by atoms with van der Waals surface area (Å²) in [5, 5.41) is 9.36. The molecule has 2 atom stereocenters. The Labute approximate surface area is 129 Å². The minimum Gasteiger partial charge on any atom is -0.489 e. The second kappa shape index (κ2) is 5.40. The number of aryl methyl sites for hydroxylation is 2. The summed E-state index contributed by atoms with van der Waals surface area (Å²) in [6.07, 6.45) is 2.24. The third-order valence-corrected chi connectivity index (χ3v) is 4.26. The molecule has 0 amide bonds. The molecular formula is C17H18N2O3. The molecule has 114 valence electrons. The number of carbonyl (C=O) groups is 1. The Morgan fingerprint density at radius 2 is 2.09 bits per heavy atom. The van der Waals surface area contributed by atoms with Gasteiger partial charge in [-0.1, -0.05) is 30.3 Å². The molecule has 0 unspecified atom stereocenters. The van der Waals surface area contributed by atoms with Crippen LogP contribution in [0.1, 0.15) is 23.5 Å². The summed E-state index contributed by atoms with van der Waals surface area (Å²) < 4.78 is 5.87. The van der Waals surface area contributed by atoms with Gasteiger partial charge in [-0.2, -0.15) is 0 Å². The van der Waals surface area contributed by atoms with Gasteiger partial charge in [-0.3, -0.25) is 4.79 Å². The van der Waals surface area contributed by atoms with Gasteiger partial charge in [0.05, 0.1) is 24.4 Å². The minimum atomic E-state index is -0.774. The maximum Gasteiger partial charge on any atom is 0.307 e. The first-order valence-corrected chi connectivity index (χ1v) is 7.24. The molecule has 22 heavy (non-hydrogen) atoms. The van der Waals surface area contributed by atoms with Crippen LogP contribution >= 0.6 is 0 Å². The van der Waals surface area contributed by atoms with Crippen molar-refractivity contribution in [2.24, 2.45) is 5.92 Å². The fraction of sp³-hybridized carbons (Fsp3) is 0.353. The predicted molar refractivity (Wildman–Crippen MR) is 80.9 cm³/mol. The van der Waals surface area contributed by atoms with Crippen LogP contribution in [0.4, 0.5) is 0 Å². The third kappa shape index (κ3) is 2.54. The number of nitrogens with zero attached hydrogens (tertiary/aromatic N) is 2. The van der Waals surface area contributed by atoms with Crippen molar-refractivity contribution in [1.82, 2.24) is 9.97 Å². The summed E-state index contributed by atoms with van der Waals surface area (Å²) >= 11 is 0. The molecule has 1 aliphatic rings. The molecule has 0 aliphatic heterocycles. The summed E-state index contributed by atoms with van der Waals surface area (Å²) in [5.74, 6) is 0.125. The van der Waals surface area contributed by atoms with E-state index in [2.05, 4.69) is 9.97 Å². The lowest BCUT2D eigenvalue weighted by atomic mass is 9.94. The van der Waals surface area contributed by atoms with Crippen molar-refractivity contribution in [2.75, 3.05) is 6.61 Å². The Hall–Kier alpha value is -2.43. The van der Waals surface area contributed by atoms with Gasteiger partial charge in [0.15, 0.2) is 5.75 Å². The third-order valence-electron chi connectivity index (χ3n) is 4.26. The highest BCUT2D eigenvalue weighted by atomic mass is 16.5. The smallest absolute Gasteiger partial charge is 0.307 e. The van der Waals surface area contributed by atoms with E-state index in [9.17, 15) is 9.90 Å². The molecule has 1 N–H and O–H groups in total. The first kappa shape index (κ1) is 14.5. The second-order valence-electron chi connectivity index (χ2n) is 5.77. The molecular weight excluding hydrogens is 280 g/mol. The maximum absolute atomic E-state index is 11.4. The highest BCUT2D eigenvalue weighted by molar-refractivity contribution is 5.77. The van der Waals surface area contributed by atoms with E-state index in [0.29, 0.717) is 24.6 Å². The van der Waals surface area contributed by atoms with Crippen LogP contribution in [-0.4, -0.2) is 27.7 Å². The molecule has 1 fully saturated rings. The van der Waals surface area contributed by atoms with Gasteiger partial charge < -0.3 is 9.84 Å². The van der Waals surface area contributed by atoms with E-state index in [4.69, 9.17) is 4.74 Å². The van der Waals surface area contributed by atoms with Crippen molar-refractivity contribution < 1.29 is 14.6 Å². The first-order chi connectivity index (χ1) is 10.5. The summed E-state index contributed by atoms with van der Waals surface area (Å²) in [4.78, 5) is 19.8. The zero-order valence-electron chi connectivity index (χ0n) is 12.6. The zero-order chi connectivity index (χ0) is 15.7. The van der Waals surface area contributed by atoms with Crippen LogP contribution in [0.15, 0.2) is 36.5 Å². The Balaban J connectivity index is 1.82. The Bertz CT molecular complexity index is 702. The highest BCUT2D eigenvalue weighted by Crippen LogP contribution is 2.54. The molecule has 0 spiro atoms. The molecule has 1 aliphatic carbocycles. The standard InChI is InChI=1S/C17H18N2O3/c1-11-15(9-18-12(2)19-11)22-10-17(8-14(17)16(20)21)13-6-4-3-5-7-13/h3-7,9,14H,8,10H2,1-2H3,(H,20,21)/t14-,17+/m0/s1. The topological polar surface area (TPSA) is 72.3 Å². The van der Waals surface area contributed by atoms with E-state index in [1.165, 1.54) is 0 Å². The van der Waals surface area contributed by atoms with Gasteiger partial charge in [0, 0.05) is 5.41 Å². The number of carboxylic acid groups (broad SMARTS) is 1. The fourth-order valence-corrected chi connectivity index (χ4v) is 2.88. The van der Waals surface area contributed by atoms with Crippen molar-refractivity contribution >= 4 is 5.97 Å². The fourth-order valence-electron chi connectivity index (χ4n) is 2.88. The number of rotatable bonds is 5. The molecule has 1 saturated carbocycles. The molecule has 0 bridgehead atoms. The second-order valence-corrected chi connectivity index (χ2v) is 5.77. The average molecular weight is 298 g/mol. The van der Waals surface area contributed by atoms with Crippen molar-refractivity contribution in [2.45, 2.75) is 25.7 Å². The summed E-state index contributed by atoms with van der Waals surface area (Å²) in [6, 6.07) is 9.70. The van der Waals surface area contributed by atoms with E-state index in [-0.39, 0.29) is 0 Å². The molecule has 3 rings (SSSR count). The number of benzene rings is 1. The SMILES string of the molecule is Cc1ncc(OC[C@@]2(c3ccccc3)C[C@H]2C(=O)O)c(C)n1. The summed E-state index contributed by atoms with van der Waals surface area (Å²) in [6.45, 7) is 4.01. The number of hydrogen-bond acceptors (Lipinski definition) is 4. The molecule has 1 heterocycles. The molecule has 0 radical (unpaired) electrons. The van der Waals surface area contributed by atoms with Crippen LogP contribution in [-0.2, 0) is 10.2 Å². The maximum atomic E-state index is 11.4. The van der Waals surface area contributed by atoms with Gasteiger partial charge in [-0.15, -0.1) is 0 Å². The quantitative estimate of drug-likeness (QED) is 0.918. The van der Waals surface area contributed by atoms with Crippen molar-refractivity contribution in [1.29, 1.82) is 0 Å². The number of hydrogen-bond donors (Lipinski definition) is 1. The van der Waals surface area contributed by atoms with Crippen LogP contribution in [0.3, 0.4) is 0 Å². The van der Waals surface area contributed by atoms with E-state index in [1.807, 2.05) is 44.2 Å². The van der Waals surface area contributed by atoms with Crippen LogP contribution in [0.25, 0.3) is 0 Å². The van der Waals surface area contributed by atoms with E-state index in [0.717, 1.165) is 11.3 Å². The van der Waals surface area contributed by atoms with Gasteiger partial charge in [-0.05, 0) is 25.8 Å². The Morgan fingerprint density at radius 3 is 2.68 bits per heavy atom. The number of aliphatic carboxylic acids is 1. The molecule has 5 heteroatoms. The Morgan fingerprint density at radius 1 is 1.36 bits per heavy atom. The molecule has 2 aromatic rings. The lowest BCUT2D eigenvalue weighted by Crippen LogP contribution is -2.23. The lowest BCUT2D eigenvalue weighted by molar-refractivity contribution is -0.139. The lowest BCUT2D eigenvalue weighted by Gasteiger charge is -2.18. The van der Waals surface area contributed by atoms with Gasteiger partial charge in [0.2, 0.25) is 0 Å².